The second-order valence-electron chi connectivity index (χ2n) is 6.98. The number of hydrogen-bond acceptors (Lipinski definition) is 5. The Morgan fingerprint density at radius 1 is 1.22 bits per heavy atom. The van der Waals surface area contributed by atoms with Gasteiger partial charge in [-0.1, -0.05) is 13.8 Å². The van der Waals surface area contributed by atoms with Gasteiger partial charge >= 0.3 is 0 Å². The lowest BCUT2D eigenvalue weighted by Crippen LogP contribution is -2.56. The van der Waals surface area contributed by atoms with Crippen molar-refractivity contribution in [3.05, 3.63) is 45.0 Å². The first-order valence-corrected chi connectivity index (χ1v) is 10.6. The highest BCUT2D eigenvalue weighted by Crippen LogP contribution is 2.23. The largest absolute Gasteiger partial charge is 0.459 e. The third kappa shape index (κ3) is 5.21. The summed E-state index contributed by atoms with van der Waals surface area (Å²) in [5.41, 5.74) is 0. The van der Waals surface area contributed by atoms with Crippen LogP contribution in [-0.4, -0.2) is 53.8 Å². The number of nitrogens with zero attached hydrogens (tertiary/aromatic N) is 2. The SMILES string of the molecule is CC(C)[C@H](NC(=O)c1ccco1)C(=O)N1CCN(Cc2ccc(Br)s2)CC1. The number of rotatable bonds is 6. The van der Waals surface area contributed by atoms with Crippen molar-refractivity contribution < 1.29 is 14.0 Å². The molecule has 3 heterocycles. The fourth-order valence-corrected chi connectivity index (χ4v) is 4.64. The van der Waals surface area contributed by atoms with Crippen LogP contribution in [0.25, 0.3) is 0 Å². The molecule has 6 nitrogen and oxygen atoms in total. The topological polar surface area (TPSA) is 65.8 Å². The van der Waals surface area contributed by atoms with Gasteiger partial charge in [0, 0.05) is 37.6 Å². The molecule has 0 saturated carbocycles. The van der Waals surface area contributed by atoms with Crippen LogP contribution >= 0.6 is 27.3 Å². The van der Waals surface area contributed by atoms with E-state index in [0.717, 1.165) is 23.4 Å². The minimum absolute atomic E-state index is 0.00193. The normalized spacial score (nSPS) is 16.5. The number of halogens is 1. The number of furan rings is 1. The minimum atomic E-state index is -0.553. The van der Waals surface area contributed by atoms with Crippen molar-refractivity contribution in [2.45, 2.75) is 26.4 Å². The quantitative estimate of drug-likeness (QED) is 0.728. The van der Waals surface area contributed by atoms with Gasteiger partial charge in [-0.15, -0.1) is 11.3 Å². The standard InChI is InChI=1S/C19H24BrN3O3S/c1-13(2)17(21-18(24)15-4-3-11-26-15)19(25)23-9-7-22(8-10-23)12-14-5-6-16(20)27-14/h3-6,11,13,17H,7-10,12H2,1-2H3,(H,21,24)/t17-/m0/s1. The summed E-state index contributed by atoms with van der Waals surface area (Å²) in [5.74, 6) is -0.157. The molecule has 0 spiro atoms. The summed E-state index contributed by atoms with van der Waals surface area (Å²) in [6, 6.07) is 6.90. The Kier molecular flexibility index (Phi) is 6.73. The van der Waals surface area contributed by atoms with Gasteiger partial charge in [-0.2, -0.15) is 0 Å². The molecular formula is C19H24BrN3O3S. The Hall–Kier alpha value is -1.64. The predicted octanol–water partition coefficient (Wildman–Crippen LogP) is 3.20. The van der Waals surface area contributed by atoms with Crippen LogP contribution in [0, 0.1) is 5.92 Å². The zero-order valence-corrected chi connectivity index (χ0v) is 17.9. The van der Waals surface area contributed by atoms with E-state index in [9.17, 15) is 9.59 Å². The van der Waals surface area contributed by atoms with Crippen molar-refractivity contribution in [1.29, 1.82) is 0 Å². The lowest BCUT2D eigenvalue weighted by atomic mass is 10.0. The molecule has 146 valence electrons. The van der Waals surface area contributed by atoms with Gasteiger partial charge in [-0.25, -0.2) is 0 Å². The summed E-state index contributed by atoms with van der Waals surface area (Å²) in [7, 11) is 0. The zero-order valence-electron chi connectivity index (χ0n) is 15.5. The second kappa shape index (κ2) is 9.03. The number of amides is 2. The van der Waals surface area contributed by atoms with Crippen LogP contribution in [0.1, 0.15) is 29.3 Å². The van der Waals surface area contributed by atoms with Gasteiger partial charge in [0.2, 0.25) is 5.91 Å². The summed E-state index contributed by atoms with van der Waals surface area (Å²) in [6.45, 7) is 7.79. The fourth-order valence-electron chi connectivity index (χ4n) is 3.11. The van der Waals surface area contributed by atoms with Crippen molar-refractivity contribution in [3.63, 3.8) is 0 Å². The van der Waals surface area contributed by atoms with E-state index >= 15 is 0 Å². The number of carbonyl (C=O) groups excluding carboxylic acids is 2. The van der Waals surface area contributed by atoms with Gasteiger partial charge in [-0.05, 0) is 46.1 Å². The summed E-state index contributed by atoms with van der Waals surface area (Å²) in [4.78, 5) is 30.8. The summed E-state index contributed by atoms with van der Waals surface area (Å²) >= 11 is 5.24. The Balaban J connectivity index is 1.55. The third-order valence-corrected chi connectivity index (χ3v) is 6.26. The maximum absolute atomic E-state index is 13.0. The number of piperazine rings is 1. The maximum atomic E-state index is 13.0. The van der Waals surface area contributed by atoms with Crippen molar-refractivity contribution >= 4 is 39.1 Å². The minimum Gasteiger partial charge on any atom is -0.459 e. The van der Waals surface area contributed by atoms with E-state index in [1.165, 1.54) is 11.1 Å². The zero-order chi connectivity index (χ0) is 19.4. The molecule has 0 bridgehead atoms. The highest BCUT2D eigenvalue weighted by atomic mass is 79.9. The average Bonchev–Trinajstić information content (AvgIpc) is 3.31. The van der Waals surface area contributed by atoms with Crippen molar-refractivity contribution in [2.24, 2.45) is 5.92 Å². The third-order valence-electron chi connectivity index (χ3n) is 4.66. The molecule has 1 aliphatic rings. The molecule has 1 N–H and O–H groups in total. The van der Waals surface area contributed by atoms with Crippen molar-refractivity contribution in [1.82, 2.24) is 15.1 Å². The lowest BCUT2D eigenvalue weighted by Gasteiger charge is -2.37. The second-order valence-corrected chi connectivity index (χ2v) is 9.53. The highest BCUT2D eigenvalue weighted by molar-refractivity contribution is 9.11. The van der Waals surface area contributed by atoms with Gasteiger partial charge in [-0.3, -0.25) is 14.5 Å². The van der Waals surface area contributed by atoms with Crippen LogP contribution in [0.15, 0.2) is 38.7 Å². The van der Waals surface area contributed by atoms with Gasteiger partial charge in [0.1, 0.15) is 6.04 Å². The Labute approximate surface area is 171 Å². The molecule has 1 atom stereocenters. The number of hydrogen-bond donors (Lipinski definition) is 1. The van der Waals surface area contributed by atoms with E-state index in [-0.39, 0.29) is 23.5 Å². The summed E-state index contributed by atoms with van der Waals surface area (Å²) in [6.07, 6.45) is 1.45. The molecule has 0 unspecified atom stereocenters. The van der Waals surface area contributed by atoms with Crippen LogP contribution in [0.5, 0.6) is 0 Å². The average molecular weight is 454 g/mol. The summed E-state index contributed by atoms with van der Waals surface area (Å²) in [5, 5.41) is 2.83. The van der Waals surface area contributed by atoms with E-state index in [4.69, 9.17) is 4.42 Å². The van der Waals surface area contributed by atoms with Crippen molar-refractivity contribution in [3.8, 4) is 0 Å². The Morgan fingerprint density at radius 3 is 2.52 bits per heavy atom. The Morgan fingerprint density at radius 2 is 1.96 bits per heavy atom. The van der Waals surface area contributed by atoms with Crippen LogP contribution in [0.4, 0.5) is 0 Å². The molecule has 3 rings (SSSR count). The molecule has 8 heteroatoms. The van der Waals surface area contributed by atoms with E-state index in [1.54, 1.807) is 23.5 Å². The molecule has 1 aliphatic heterocycles. The first kappa shape index (κ1) is 20.1. The molecule has 2 aromatic heterocycles. The molecule has 1 saturated heterocycles. The molecule has 0 aliphatic carbocycles. The molecular weight excluding hydrogens is 430 g/mol. The Bertz CT molecular complexity index is 767. The maximum Gasteiger partial charge on any atom is 0.287 e. The number of carbonyl (C=O) groups is 2. The molecule has 2 amide bonds. The van der Waals surface area contributed by atoms with Gasteiger partial charge in [0.15, 0.2) is 5.76 Å². The van der Waals surface area contributed by atoms with Gasteiger partial charge in [0.05, 0.1) is 10.0 Å². The fraction of sp³-hybridized carbons (Fsp3) is 0.474. The summed E-state index contributed by atoms with van der Waals surface area (Å²) < 4.78 is 6.26. The highest BCUT2D eigenvalue weighted by Gasteiger charge is 2.31. The van der Waals surface area contributed by atoms with Crippen LogP contribution in [0.3, 0.4) is 0 Å². The molecule has 0 aromatic carbocycles. The number of nitrogens with one attached hydrogen (secondary N) is 1. The first-order chi connectivity index (χ1) is 12.9. The van der Waals surface area contributed by atoms with Gasteiger partial charge < -0.3 is 14.6 Å². The predicted molar refractivity (Wildman–Crippen MR) is 109 cm³/mol. The van der Waals surface area contributed by atoms with Crippen LogP contribution in [-0.2, 0) is 11.3 Å². The van der Waals surface area contributed by atoms with E-state index in [2.05, 4.69) is 38.3 Å². The van der Waals surface area contributed by atoms with Crippen molar-refractivity contribution in [2.75, 3.05) is 26.2 Å². The van der Waals surface area contributed by atoms with E-state index in [1.807, 2.05) is 18.7 Å². The van der Waals surface area contributed by atoms with E-state index in [0.29, 0.717) is 13.1 Å². The van der Waals surface area contributed by atoms with Gasteiger partial charge in [0.25, 0.3) is 5.91 Å². The smallest absolute Gasteiger partial charge is 0.287 e. The lowest BCUT2D eigenvalue weighted by molar-refractivity contribution is -0.136. The monoisotopic (exact) mass is 453 g/mol. The molecule has 27 heavy (non-hydrogen) atoms. The first-order valence-electron chi connectivity index (χ1n) is 9.04. The molecule has 0 radical (unpaired) electrons. The molecule has 2 aromatic rings. The van der Waals surface area contributed by atoms with E-state index < -0.39 is 6.04 Å². The van der Waals surface area contributed by atoms with Crippen LogP contribution < -0.4 is 5.32 Å². The van der Waals surface area contributed by atoms with Crippen LogP contribution in [0.2, 0.25) is 0 Å². The number of thiophene rings is 1. The molecule has 1 fully saturated rings.